The predicted molar refractivity (Wildman–Crippen MR) is 111 cm³/mol. The molecule has 0 bridgehead atoms. The highest BCUT2D eigenvalue weighted by Gasteiger charge is 2.26. The van der Waals surface area contributed by atoms with Crippen molar-refractivity contribution in [2.45, 2.75) is 40.2 Å². The smallest absolute Gasteiger partial charge is 0.330 e. The molecule has 0 radical (unpaired) electrons. The summed E-state index contributed by atoms with van der Waals surface area (Å²) in [5.74, 6) is -0.322. The number of amides is 1. The third-order valence-corrected chi connectivity index (χ3v) is 5.88. The molecule has 28 heavy (non-hydrogen) atoms. The van der Waals surface area contributed by atoms with E-state index in [1.165, 1.54) is 20.8 Å². The number of hydrogen-bond donors (Lipinski definition) is 2. The number of nitrogens with zero attached hydrogens (tertiary/aromatic N) is 4. The van der Waals surface area contributed by atoms with Gasteiger partial charge in [0.25, 0.3) is 11.5 Å². The number of aryl methyl sites for hydroxylation is 2. The molecule has 0 atom stereocenters. The maximum atomic E-state index is 13.2. The Morgan fingerprint density at radius 2 is 2.07 bits per heavy atom. The van der Waals surface area contributed by atoms with Crippen LogP contribution in [-0.4, -0.2) is 31.8 Å². The zero-order valence-corrected chi connectivity index (χ0v) is 17.2. The van der Waals surface area contributed by atoms with Crippen molar-refractivity contribution in [3.05, 3.63) is 37.5 Å². The molecule has 3 rings (SSSR count). The Kier molecular flexibility index (Phi) is 5.41. The molecule has 10 heteroatoms. The van der Waals surface area contributed by atoms with Crippen LogP contribution in [0.2, 0.25) is 0 Å². The number of fused-ring (bicyclic) bond motifs is 1. The van der Waals surface area contributed by atoms with Crippen molar-refractivity contribution in [2.24, 2.45) is 7.05 Å². The average molecular weight is 404 g/mol. The molecule has 0 unspecified atom stereocenters. The minimum absolute atomic E-state index is 0.00973. The van der Waals surface area contributed by atoms with Crippen LogP contribution in [0.5, 0.6) is 0 Å². The fourth-order valence-electron chi connectivity index (χ4n) is 3.22. The van der Waals surface area contributed by atoms with Gasteiger partial charge in [-0.2, -0.15) is 5.10 Å². The molecule has 9 nitrogen and oxygen atoms in total. The first-order valence-electron chi connectivity index (χ1n) is 9.17. The second-order valence-corrected chi connectivity index (χ2v) is 7.62. The summed E-state index contributed by atoms with van der Waals surface area (Å²) >= 11 is 1.31. The largest absolute Gasteiger partial charge is 0.383 e. The first-order valence-corrected chi connectivity index (χ1v) is 9.99. The van der Waals surface area contributed by atoms with Crippen LogP contribution in [0.1, 0.15) is 42.1 Å². The second kappa shape index (κ2) is 7.63. The van der Waals surface area contributed by atoms with Crippen molar-refractivity contribution in [3.63, 3.8) is 0 Å². The average Bonchev–Trinajstić information content (AvgIpc) is 3.19. The number of aromatic nitrogens is 4. The van der Waals surface area contributed by atoms with E-state index in [2.05, 4.69) is 10.1 Å². The molecule has 0 aliphatic heterocycles. The molecule has 0 aliphatic rings. The second-order valence-electron chi connectivity index (χ2n) is 6.59. The SMILES string of the molecule is CCCCn1c(N)c(N(CC)C(=O)c2cc3c(C)nn(C)c3s2)c(=O)[nH]c1=O. The number of thiophene rings is 1. The molecule has 0 aromatic carbocycles. The van der Waals surface area contributed by atoms with Crippen molar-refractivity contribution in [3.8, 4) is 0 Å². The topological polar surface area (TPSA) is 119 Å². The summed E-state index contributed by atoms with van der Waals surface area (Å²) in [6.07, 6.45) is 1.60. The maximum Gasteiger partial charge on any atom is 0.330 e. The van der Waals surface area contributed by atoms with E-state index in [-0.39, 0.29) is 24.0 Å². The molecule has 0 saturated carbocycles. The number of rotatable bonds is 6. The molecule has 0 aliphatic carbocycles. The quantitative estimate of drug-likeness (QED) is 0.650. The fraction of sp³-hybridized carbons (Fsp3) is 0.444. The van der Waals surface area contributed by atoms with Gasteiger partial charge in [0.2, 0.25) is 0 Å². The Labute approximate surface area is 165 Å². The van der Waals surface area contributed by atoms with E-state index >= 15 is 0 Å². The first kappa shape index (κ1) is 19.9. The summed E-state index contributed by atoms with van der Waals surface area (Å²) < 4.78 is 3.05. The molecular weight excluding hydrogens is 380 g/mol. The fourth-order valence-corrected chi connectivity index (χ4v) is 4.30. The lowest BCUT2D eigenvalue weighted by atomic mass is 10.2. The molecular formula is C18H24N6O3S. The molecule has 0 spiro atoms. The molecule has 3 N–H and O–H groups in total. The van der Waals surface area contributed by atoms with Crippen LogP contribution < -0.4 is 21.9 Å². The van der Waals surface area contributed by atoms with E-state index in [1.54, 1.807) is 17.7 Å². The number of carbonyl (C=O) groups is 1. The first-order chi connectivity index (χ1) is 13.3. The minimum Gasteiger partial charge on any atom is -0.383 e. The predicted octanol–water partition coefficient (Wildman–Crippen LogP) is 1.84. The maximum absolute atomic E-state index is 13.2. The van der Waals surface area contributed by atoms with E-state index in [4.69, 9.17) is 5.73 Å². The van der Waals surface area contributed by atoms with Gasteiger partial charge in [0.1, 0.15) is 10.6 Å². The summed E-state index contributed by atoms with van der Waals surface area (Å²) in [7, 11) is 1.82. The van der Waals surface area contributed by atoms with Gasteiger partial charge < -0.3 is 10.6 Å². The molecule has 3 aromatic heterocycles. The minimum atomic E-state index is -0.663. The van der Waals surface area contributed by atoms with Crippen molar-refractivity contribution < 1.29 is 4.79 Å². The van der Waals surface area contributed by atoms with Crippen LogP contribution in [0.25, 0.3) is 10.2 Å². The summed E-state index contributed by atoms with van der Waals surface area (Å²) in [6.45, 7) is 6.26. The number of nitrogens with one attached hydrogen (secondary N) is 1. The number of nitrogens with two attached hydrogens (primary N) is 1. The summed E-state index contributed by atoms with van der Waals surface area (Å²) in [4.78, 5) is 42.8. The van der Waals surface area contributed by atoms with Crippen LogP contribution >= 0.6 is 11.3 Å². The van der Waals surface area contributed by atoms with Crippen LogP contribution in [0.3, 0.4) is 0 Å². The van der Waals surface area contributed by atoms with E-state index in [1.807, 2.05) is 20.9 Å². The van der Waals surface area contributed by atoms with Gasteiger partial charge in [-0.15, -0.1) is 11.3 Å². The van der Waals surface area contributed by atoms with E-state index in [9.17, 15) is 14.4 Å². The molecule has 1 amide bonds. The van der Waals surface area contributed by atoms with Gasteiger partial charge in [-0.25, -0.2) is 4.79 Å². The van der Waals surface area contributed by atoms with E-state index < -0.39 is 11.2 Å². The number of aromatic amines is 1. The van der Waals surface area contributed by atoms with E-state index in [0.717, 1.165) is 28.8 Å². The lowest BCUT2D eigenvalue weighted by molar-refractivity contribution is 0.0992. The zero-order chi connectivity index (χ0) is 20.6. The number of H-pyrrole nitrogens is 1. The zero-order valence-electron chi connectivity index (χ0n) is 16.4. The Balaban J connectivity index is 2.09. The molecule has 0 saturated heterocycles. The van der Waals surface area contributed by atoms with Gasteiger partial charge in [0.15, 0.2) is 5.69 Å². The van der Waals surface area contributed by atoms with Gasteiger partial charge in [0.05, 0.1) is 10.6 Å². The highest BCUT2D eigenvalue weighted by atomic mass is 32.1. The van der Waals surface area contributed by atoms with Gasteiger partial charge in [-0.05, 0) is 26.3 Å². The van der Waals surface area contributed by atoms with Crippen LogP contribution in [0, 0.1) is 6.92 Å². The Morgan fingerprint density at radius 3 is 2.68 bits per heavy atom. The standard InChI is InChI=1S/C18H24N6O3S/c1-5-7-8-24-14(19)13(15(25)20-18(24)27)23(6-2)16(26)12-9-11-10(3)21-22(4)17(11)28-12/h9H,5-8,19H2,1-4H3,(H,20,25,27). The normalized spacial score (nSPS) is 11.3. The molecule has 3 aromatic rings. The molecule has 3 heterocycles. The lowest BCUT2D eigenvalue weighted by Crippen LogP contribution is -2.41. The lowest BCUT2D eigenvalue weighted by Gasteiger charge is -2.22. The van der Waals surface area contributed by atoms with Gasteiger partial charge in [-0.1, -0.05) is 13.3 Å². The van der Waals surface area contributed by atoms with Crippen molar-refractivity contribution >= 4 is 39.0 Å². The van der Waals surface area contributed by atoms with Crippen LogP contribution in [0.4, 0.5) is 11.5 Å². The highest BCUT2D eigenvalue weighted by molar-refractivity contribution is 7.20. The van der Waals surface area contributed by atoms with Crippen molar-refractivity contribution in [1.29, 1.82) is 0 Å². The van der Waals surface area contributed by atoms with Crippen molar-refractivity contribution in [2.75, 3.05) is 17.2 Å². The number of hydrogen-bond acceptors (Lipinski definition) is 6. The monoisotopic (exact) mass is 404 g/mol. The number of unbranched alkanes of at least 4 members (excludes halogenated alkanes) is 1. The molecule has 0 fully saturated rings. The third-order valence-electron chi connectivity index (χ3n) is 4.69. The number of anilines is 2. The molecule has 150 valence electrons. The van der Waals surface area contributed by atoms with Gasteiger partial charge in [-0.3, -0.25) is 23.8 Å². The number of nitrogen functional groups attached to an aromatic ring is 1. The third kappa shape index (κ3) is 3.24. The number of carbonyl (C=O) groups excluding carboxylic acids is 1. The summed E-state index contributed by atoms with van der Waals surface area (Å²) in [6, 6.07) is 1.78. The van der Waals surface area contributed by atoms with Crippen LogP contribution in [-0.2, 0) is 13.6 Å². The Morgan fingerprint density at radius 1 is 1.36 bits per heavy atom. The highest BCUT2D eigenvalue weighted by Crippen LogP contribution is 2.30. The Hall–Kier alpha value is -2.88. The summed E-state index contributed by atoms with van der Waals surface area (Å²) in [5.41, 5.74) is 5.78. The van der Waals surface area contributed by atoms with Crippen LogP contribution in [0.15, 0.2) is 15.7 Å². The van der Waals surface area contributed by atoms with Gasteiger partial charge in [0, 0.05) is 25.5 Å². The Bertz CT molecular complexity index is 1120. The van der Waals surface area contributed by atoms with E-state index in [0.29, 0.717) is 11.4 Å². The van der Waals surface area contributed by atoms with Gasteiger partial charge >= 0.3 is 5.69 Å². The van der Waals surface area contributed by atoms with Crippen molar-refractivity contribution in [1.82, 2.24) is 19.3 Å². The summed E-state index contributed by atoms with van der Waals surface area (Å²) in [5, 5.41) is 5.25.